The van der Waals surface area contributed by atoms with Crippen LogP contribution in [-0.2, 0) is 9.22 Å². The van der Waals surface area contributed by atoms with E-state index in [0.717, 1.165) is 38.5 Å². The summed E-state index contributed by atoms with van der Waals surface area (Å²) in [4.78, 5) is 12.3. The maximum Gasteiger partial charge on any atom is 0.184 e. The van der Waals surface area contributed by atoms with E-state index >= 15 is 0 Å². The van der Waals surface area contributed by atoms with Crippen molar-refractivity contribution in [3.8, 4) is 0 Å². The van der Waals surface area contributed by atoms with E-state index in [2.05, 4.69) is 65.6 Å². The molecule has 2 nitrogen and oxygen atoms in total. The summed E-state index contributed by atoms with van der Waals surface area (Å²) in [6, 6.07) is 0. The van der Waals surface area contributed by atoms with Crippen molar-refractivity contribution in [2.45, 2.75) is 97.9 Å². The van der Waals surface area contributed by atoms with Crippen molar-refractivity contribution >= 4 is 14.1 Å². The van der Waals surface area contributed by atoms with Crippen molar-refractivity contribution in [1.29, 1.82) is 0 Å². The summed E-state index contributed by atoms with van der Waals surface area (Å²) in [7, 11) is -1.58. The molecule has 2 unspecified atom stereocenters. The van der Waals surface area contributed by atoms with Gasteiger partial charge in [-0.05, 0) is 69.5 Å². The Labute approximate surface area is 162 Å². The standard InChI is InChI=1S/C23H40O2Si/c1-8-23(9-2,25-26(5,6)7)17-10-12-18(3)19-14-15-20-21(24)13-11-16-22(19,20)4/h10,14,17-18,20H,8-9,11-13,15-16H2,1-7H3/b17-10+/t18-,20?,22?/m0/s1. The average Bonchev–Trinajstić information content (AvgIpc) is 2.91. The first-order valence-corrected chi connectivity index (χ1v) is 14.1. The summed E-state index contributed by atoms with van der Waals surface area (Å²) in [6.45, 7) is 16.0. The molecule has 1 saturated carbocycles. The normalized spacial score (nSPS) is 28.3. The minimum atomic E-state index is -1.58. The van der Waals surface area contributed by atoms with Crippen LogP contribution in [0.25, 0.3) is 0 Å². The van der Waals surface area contributed by atoms with E-state index in [-0.39, 0.29) is 16.9 Å². The molecule has 3 heteroatoms. The van der Waals surface area contributed by atoms with Crippen molar-refractivity contribution in [2.24, 2.45) is 17.3 Å². The Morgan fingerprint density at radius 2 is 2.00 bits per heavy atom. The maximum absolute atomic E-state index is 12.3. The SMILES string of the molecule is CCC(/C=C/C[C@H](C)C1=CCC2C(=O)CCCC12C)(CC)O[Si](C)(C)C. The van der Waals surface area contributed by atoms with Crippen LogP contribution in [-0.4, -0.2) is 19.7 Å². The van der Waals surface area contributed by atoms with E-state index in [9.17, 15) is 4.79 Å². The Morgan fingerprint density at radius 1 is 1.35 bits per heavy atom. The summed E-state index contributed by atoms with van der Waals surface area (Å²) in [5.41, 5.74) is 1.54. The third-order valence-corrected chi connectivity index (χ3v) is 7.68. The van der Waals surface area contributed by atoms with Gasteiger partial charge in [0.25, 0.3) is 0 Å². The fraction of sp³-hybridized carbons (Fsp3) is 0.783. The molecule has 0 aromatic heterocycles. The number of fused-ring (bicyclic) bond motifs is 1. The van der Waals surface area contributed by atoms with Gasteiger partial charge in [-0.1, -0.05) is 51.5 Å². The van der Waals surface area contributed by atoms with E-state index in [1.54, 1.807) is 0 Å². The molecule has 0 bridgehead atoms. The molecule has 2 rings (SSSR count). The zero-order valence-electron chi connectivity index (χ0n) is 18.2. The van der Waals surface area contributed by atoms with Crippen molar-refractivity contribution in [3.63, 3.8) is 0 Å². The molecule has 148 valence electrons. The topological polar surface area (TPSA) is 26.3 Å². The van der Waals surface area contributed by atoms with Crippen LogP contribution in [0.3, 0.4) is 0 Å². The molecule has 0 radical (unpaired) electrons. The highest BCUT2D eigenvalue weighted by atomic mass is 28.4. The summed E-state index contributed by atoms with van der Waals surface area (Å²) in [6.07, 6.45) is 14.1. The summed E-state index contributed by atoms with van der Waals surface area (Å²) < 4.78 is 6.54. The first kappa shape index (κ1) is 21.6. The number of carbonyl (C=O) groups is 1. The van der Waals surface area contributed by atoms with Crippen molar-refractivity contribution < 1.29 is 9.22 Å². The van der Waals surface area contributed by atoms with E-state index < -0.39 is 8.32 Å². The van der Waals surface area contributed by atoms with Gasteiger partial charge in [-0.15, -0.1) is 0 Å². The highest BCUT2D eigenvalue weighted by Crippen LogP contribution is 2.53. The number of hydrogen-bond acceptors (Lipinski definition) is 2. The van der Waals surface area contributed by atoms with Crippen molar-refractivity contribution in [3.05, 3.63) is 23.8 Å². The second kappa shape index (κ2) is 8.14. The number of rotatable bonds is 8. The smallest absolute Gasteiger partial charge is 0.184 e. The molecule has 2 aliphatic rings. The number of ketones is 1. The van der Waals surface area contributed by atoms with E-state index in [0.29, 0.717) is 11.7 Å². The molecule has 26 heavy (non-hydrogen) atoms. The van der Waals surface area contributed by atoms with E-state index in [1.165, 1.54) is 12.0 Å². The van der Waals surface area contributed by atoms with Crippen LogP contribution in [0.5, 0.6) is 0 Å². The highest BCUT2D eigenvalue weighted by Gasteiger charge is 2.47. The fourth-order valence-electron chi connectivity index (χ4n) is 5.20. The maximum atomic E-state index is 12.3. The van der Waals surface area contributed by atoms with Gasteiger partial charge in [-0.3, -0.25) is 4.79 Å². The van der Waals surface area contributed by atoms with Crippen LogP contribution >= 0.6 is 0 Å². The van der Waals surface area contributed by atoms with Gasteiger partial charge in [0.1, 0.15) is 5.78 Å². The minimum absolute atomic E-state index is 0.110. The third kappa shape index (κ3) is 4.59. The molecule has 0 saturated heterocycles. The molecule has 0 heterocycles. The lowest BCUT2D eigenvalue weighted by molar-refractivity contribution is -0.128. The Bertz CT molecular complexity index is 565. The second-order valence-corrected chi connectivity index (χ2v) is 14.1. The Balaban J connectivity index is 2.06. The number of carbonyl (C=O) groups excluding carboxylic acids is 1. The second-order valence-electron chi connectivity index (χ2n) is 9.71. The lowest BCUT2D eigenvalue weighted by Gasteiger charge is -2.40. The minimum Gasteiger partial charge on any atom is -0.409 e. The Kier molecular flexibility index (Phi) is 6.77. The molecule has 3 atom stereocenters. The lowest BCUT2D eigenvalue weighted by atomic mass is 9.63. The van der Waals surface area contributed by atoms with Crippen molar-refractivity contribution in [2.75, 3.05) is 0 Å². The van der Waals surface area contributed by atoms with Crippen LogP contribution in [0.15, 0.2) is 23.8 Å². The molecule has 0 aliphatic heterocycles. The van der Waals surface area contributed by atoms with E-state index in [1.807, 2.05) is 0 Å². The largest absolute Gasteiger partial charge is 0.409 e. The van der Waals surface area contributed by atoms with Crippen LogP contribution < -0.4 is 0 Å². The summed E-state index contributed by atoms with van der Waals surface area (Å²) in [5.74, 6) is 1.25. The lowest BCUT2D eigenvalue weighted by Crippen LogP contribution is -2.40. The van der Waals surface area contributed by atoms with Crippen LogP contribution in [0, 0.1) is 17.3 Å². The van der Waals surface area contributed by atoms with Gasteiger partial charge in [-0.2, -0.15) is 0 Å². The van der Waals surface area contributed by atoms with Crippen LogP contribution in [0.1, 0.15) is 72.6 Å². The van der Waals surface area contributed by atoms with Gasteiger partial charge in [0.2, 0.25) is 0 Å². The average molecular weight is 377 g/mol. The zero-order chi connectivity index (χ0) is 19.6. The Morgan fingerprint density at radius 3 is 2.58 bits per heavy atom. The number of Topliss-reactive ketones (excluding diaryl/α,β-unsaturated/α-hetero) is 1. The van der Waals surface area contributed by atoms with Gasteiger partial charge < -0.3 is 4.43 Å². The molecule has 1 fully saturated rings. The molecule has 0 aromatic carbocycles. The molecule has 2 aliphatic carbocycles. The van der Waals surface area contributed by atoms with Crippen molar-refractivity contribution in [1.82, 2.24) is 0 Å². The van der Waals surface area contributed by atoms with Gasteiger partial charge in [-0.25, -0.2) is 0 Å². The number of hydrogen-bond donors (Lipinski definition) is 0. The molecule has 0 amide bonds. The third-order valence-electron chi connectivity index (χ3n) is 6.66. The zero-order valence-corrected chi connectivity index (χ0v) is 19.2. The van der Waals surface area contributed by atoms with E-state index in [4.69, 9.17) is 4.43 Å². The quantitative estimate of drug-likeness (QED) is 0.348. The number of allylic oxidation sites excluding steroid dienone is 3. The monoisotopic (exact) mass is 376 g/mol. The first-order valence-electron chi connectivity index (χ1n) is 10.7. The highest BCUT2D eigenvalue weighted by molar-refractivity contribution is 6.69. The molecule has 0 aromatic rings. The van der Waals surface area contributed by atoms with Gasteiger partial charge >= 0.3 is 0 Å². The molecule has 0 N–H and O–H groups in total. The summed E-state index contributed by atoms with van der Waals surface area (Å²) >= 11 is 0. The first-order chi connectivity index (χ1) is 12.1. The van der Waals surface area contributed by atoms with Gasteiger partial charge in [0.15, 0.2) is 8.32 Å². The van der Waals surface area contributed by atoms with Crippen LogP contribution in [0.4, 0.5) is 0 Å². The predicted molar refractivity (Wildman–Crippen MR) is 114 cm³/mol. The van der Waals surface area contributed by atoms with Gasteiger partial charge in [0, 0.05) is 12.3 Å². The molecular formula is C23H40O2Si. The predicted octanol–water partition coefficient (Wildman–Crippen LogP) is 6.68. The Hall–Kier alpha value is -0.673. The fourth-order valence-corrected chi connectivity index (χ4v) is 6.78. The molecule has 0 spiro atoms. The van der Waals surface area contributed by atoms with Crippen LogP contribution in [0.2, 0.25) is 19.6 Å². The molecular weight excluding hydrogens is 336 g/mol. The summed E-state index contributed by atoms with van der Waals surface area (Å²) in [5, 5.41) is 0. The van der Waals surface area contributed by atoms with Gasteiger partial charge in [0.05, 0.1) is 5.60 Å².